The lowest BCUT2D eigenvalue weighted by Gasteiger charge is -2.20. The van der Waals surface area contributed by atoms with Gasteiger partial charge in [-0.15, -0.1) is 0 Å². The number of fused-ring (bicyclic) bond motifs is 1. The van der Waals surface area contributed by atoms with Crippen molar-refractivity contribution in [2.75, 3.05) is 6.79 Å². The first-order chi connectivity index (χ1) is 7.92. The van der Waals surface area contributed by atoms with Gasteiger partial charge in [0, 0.05) is 0 Å². The molecule has 1 aromatic rings. The summed E-state index contributed by atoms with van der Waals surface area (Å²) in [5.74, 6) is 0.527. The molecule has 0 fully saturated rings. The lowest BCUT2D eigenvalue weighted by atomic mass is 9.86. The minimum Gasteiger partial charge on any atom is -0.481 e. The molecule has 1 heterocycles. The fourth-order valence-corrected chi connectivity index (χ4v) is 2.25. The van der Waals surface area contributed by atoms with Crippen molar-refractivity contribution in [1.82, 2.24) is 0 Å². The van der Waals surface area contributed by atoms with E-state index in [9.17, 15) is 4.79 Å². The summed E-state index contributed by atoms with van der Waals surface area (Å²) in [4.78, 5) is 11.1. The molecule has 2 rings (SSSR count). The van der Waals surface area contributed by atoms with Crippen LogP contribution in [0.3, 0.4) is 0 Å². The molecule has 5 heteroatoms. The summed E-state index contributed by atoms with van der Waals surface area (Å²) in [6, 6.07) is 3.67. The number of ether oxygens (including phenoxy) is 2. The van der Waals surface area contributed by atoms with Crippen LogP contribution in [0.2, 0.25) is 0 Å². The van der Waals surface area contributed by atoms with Crippen molar-refractivity contribution >= 4 is 21.9 Å². The van der Waals surface area contributed by atoms with Crippen LogP contribution in [0.5, 0.6) is 11.5 Å². The van der Waals surface area contributed by atoms with Crippen molar-refractivity contribution < 1.29 is 19.4 Å². The number of aliphatic carboxylic acids is 1. The van der Waals surface area contributed by atoms with Gasteiger partial charge in [0.25, 0.3) is 0 Å². The second-order valence-electron chi connectivity index (χ2n) is 4.64. The van der Waals surface area contributed by atoms with Crippen molar-refractivity contribution in [1.29, 1.82) is 0 Å². The first-order valence-electron chi connectivity index (χ1n) is 5.22. The average Bonchev–Trinajstić information content (AvgIpc) is 2.70. The normalized spacial score (nSPS) is 13.8. The Morgan fingerprint density at radius 2 is 2.18 bits per heavy atom. The van der Waals surface area contributed by atoms with Crippen molar-refractivity contribution in [3.63, 3.8) is 0 Å². The third-order valence-corrected chi connectivity index (χ3v) is 3.64. The summed E-state index contributed by atoms with van der Waals surface area (Å²) in [5, 5.41) is 9.12. The summed E-state index contributed by atoms with van der Waals surface area (Å²) in [6.07, 6.45) is 0.430. The predicted molar refractivity (Wildman–Crippen MR) is 65.4 cm³/mol. The second-order valence-corrected chi connectivity index (χ2v) is 5.43. The Morgan fingerprint density at radius 1 is 1.47 bits per heavy atom. The zero-order valence-corrected chi connectivity index (χ0v) is 11.2. The quantitative estimate of drug-likeness (QED) is 0.932. The first-order valence-corrected chi connectivity index (χ1v) is 6.01. The number of carboxylic acids is 1. The topological polar surface area (TPSA) is 55.8 Å². The van der Waals surface area contributed by atoms with E-state index in [4.69, 9.17) is 14.6 Å². The standard InChI is InChI=1S/C12H13BrO4/c1-12(2,11(14)15)5-7-3-4-8-10(9(7)13)17-6-16-8/h3-4H,5-6H2,1-2H3,(H,14,15). The highest BCUT2D eigenvalue weighted by Gasteiger charge is 2.30. The molecule has 0 spiro atoms. The third-order valence-electron chi connectivity index (χ3n) is 2.77. The SMILES string of the molecule is CC(C)(Cc1ccc2c(c1Br)OCO2)C(=O)O. The van der Waals surface area contributed by atoms with Crippen molar-refractivity contribution in [2.24, 2.45) is 5.41 Å². The highest BCUT2D eigenvalue weighted by molar-refractivity contribution is 9.10. The molecule has 0 bridgehead atoms. The van der Waals surface area contributed by atoms with E-state index in [-0.39, 0.29) is 6.79 Å². The minimum atomic E-state index is -0.818. The molecule has 4 nitrogen and oxygen atoms in total. The van der Waals surface area contributed by atoms with Gasteiger partial charge < -0.3 is 14.6 Å². The molecule has 0 aromatic heterocycles. The fraction of sp³-hybridized carbons (Fsp3) is 0.417. The fourth-order valence-electron chi connectivity index (χ4n) is 1.67. The highest BCUT2D eigenvalue weighted by Crippen LogP contribution is 2.42. The molecule has 17 heavy (non-hydrogen) atoms. The Kier molecular flexibility index (Phi) is 3.03. The Morgan fingerprint density at radius 3 is 2.82 bits per heavy atom. The molecule has 1 aliphatic heterocycles. The zero-order chi connectivity index (χ0) is 12.6. The Hall–Kier alpha value is -1.23. The number of rotatable bonds is 3. The molecule has 0 amide bonds. The maximum Gasteiger partial charge on any atom is 0.309 e. The van der Waals surface area contributed by atoms with Crippen molar-refractivity contribution in [3.8, 4) is 11.5 Å². The van der Waals surface area contributed by atoms with E-state index in [0.29, 0.717) is 17.9 Å². The van der Waals surface area contributed by atoms with Crippen LogP contribution in [0.4, 0.5) is 0 Å². The summed E-state index contributed by atoms with van der Waals surface area (Å²) >= 11 is 3.44. The van der Waals surface area contributed by atoms with Crippen LogP contribution in [0.15, 0.2) is 16.6 Å². The second kappa shape index (κ2) is 4.22. The molecule has 0 saturated carbocycles. The predicted octanol–water partition coefficient (Wildman–Crippen LogP) is 2.83. The van der Waals surface area contributed by atoms with Crippen LogP contribution in [-0.4, -0.2) is 17.9 Å². The largest absolute Gasteiger partial charge is 0.481 e. The highest BCUT2D eigenvalue weighted by atomic mass is 79.9. The molecule has 92 valence electrons. The van der Waals surface area contributed by atoms with Crippen LogP contribution >= 0.6 is 15.9 Å². The van der Waals surface area contributed by atoms with Gasteiger partial charge >= 0.3 is 5.97 Å². The van der Waals surface area contributed by atoms with Gasteiger partial charge in [-0.25, -0.2) is 0 Å². The summed E-state index contributed by atoms with van der Waals surface area (Å²) in [7, 11) is 0. The van der Waals surface area contributed by atoms with Crippen LogP contribution < -0.4 is 9.47 Å². The van der Waals surface area contributed by atoms with Gasteiger partial charge in [0.1, 0.15) is 0 Å². The van der Waals surface area contributed by atoms with E-state index in [1.807, 2.05) is 6.07 Å². The van der Waals surface area contributed by atoms with Gasteiger partial charge in [-0.05, 0) is 47.8 Å². The molecule has 1 aliphatic rings. The average molecular weight is 301 g/mol. The Balaban J connectivity index is 2.32. The van der Waals surface area contributed by atoms with Crippen LogP contribution in [-0.2, 0) is 11.2 Å². The lowest BCUT2D eigenvalue weighted by Crippen LogP contribution is -2.26. The number of carbonyl (C=O) groups is 1. The van der Waals surface area contributed by atoms with Gasteiger partial charge in [0.05, 0.1) is 9.89 Å². The van der Waals surface area contributed by atoms with E-state index in [2.05, 4.69) is 15.9 Å². The molecule has 0 radical (unpaired) electrons. The number of benzene rings is 1. The van der Waals surface area contributed by atoms with Gasteiger partial charge in [-0.1, -0.05) is 6.07 Å². The third kappa shape index (κ3) is 2.24. The number of carboxylic acid groups (broad SMARTS) is 1. The van der Waals surface area contributed by atoms with E-state index < -0.39 is 11.4 Å². The number of hydrogen-bond acceptors (Lipinski definition) is 3. The van der Waals surface area contributed by atoms with Crippen LogP contribution in [0.25, 0.3) is 0 Å². The minimum absolute atomic E-state index is 0.208. The molecule has 1 N–H and O–H groups in total. The molecule has 1 aromatic carbocycles. The maximum atomic E-state index is 11.1. The summed E-state index contributed by atoms with van der Waals surface area (Å²) in [5.41, 5.74) is 0.0950. The zero-order valence-electron chi connectivity index (χ0n) is 9.62. The number of halogens is 1. The Labute approximate surface area is 108 Å². The van der Waals surface area contributed by atoms with Crippen LogP contribution in [0.1, 0.15) is 19.4 Å². The van der Waals surface area contributed by atoms with E-state index in [1.165, 1.54) is 0 Å². The molecular formula is C12H13BrO4. The van der Waals surface area contributed by atoms with Gasteiger partial charge in [0.2, 0.25) is 6.79 Å². The monoisotopic (exact) mass is 300 g/mol. The number of hydrogen-bond donors (Lipinski definition) is 1. The molecular weight excluding hydrogens is 288 g/mol. The maximum absolute atomic E-state index is 11.1. The van der Waals surface area contributed by atoms with E-state index in [0.717, 1.165) is 10.0 Å². The van der Waals surface area contributed by atoms with Crippen molar-refractivity contribution in [3.05, 3.63) is 22.2 Å². The van der Waals surface area contributed by atoms with Gasteiger partial charge in [-0.3, -0.25) is 4.79 Å². The van der Waals surface area contributed by atoms with Crippen molar-refractivity contribution in [2.45, 2.75) is 20.3 Å². The van der Waals surface area contributed by atoms with E-state index >= 15 is 0 Å². The molecule has 0 unspecified atom stereocenters. The van der Waals surface area contributed by atoms with Gasteiger partial charge in [0.15, 0.2) is 11.5 Å². The van der Waals surface area contributed by atoms with Gasteiger partial charge in [-0.2, -0.15) is 0 Å². The van der Waals surface area contributed by atoms with Crippen LogP contribution in [0, 0.1) is 5.41 Å². The Bertz CT molecular complexity index is 468. The summed E-state index contributed by atoms with van der Waals surface area (Å²) < 4.78 is 11.4. The summed E-state index contributed by atoms with van der Waals surface area (Å²) in [6.45, 7) is 3.61. The lowest BCUT2D eigenvalue weighted by molar-refractivity contribution is -0.146. The van der Waals surface area contributed by atoms with E-state index in [1.54, 1.807) is 19.9 Å². The molecule has 0 saturated heterocycles. The molecule has 0 aliphatic carbocycles. The molecule has 0 atom stereocenters. The first kappa shape index (κ1) is 12.2. The smallest absolute Gasteiger partial charge is 0.309 e.